The maximum atomic E-state index is 4.32. The van der Waals surface area contributed by atoms with Crippen LogP contribution in [0.3, 0.4) is 0 Å². The summed E-state index contributed by atoms with van der Waals surface area (Å²) in [5.74, 6) is 0.851. The van der Waals surface area contributed by atoms with Gasteiger partial charge >= 0.3 is 0 Å². The number of hydrogen-bond donors (Lipinski definition) is 1. The molecule has 0 amide bonds. The molecule has 1 unspecified atom stereocenters. The highest BCUT2D eigenvalue weighted by Crippen LogP contribution is 2.31. The molecule has 3 heteroatoms. The summed E-state index contributed by atoms with van der Waals surface area (Å²) in [6.07, 6.45) is 6.23. The lowest BCUT2D eigenvalue weighted by Gasteiger charge is -2.15. The normalized spacial score (nSPS) is 24.6. The first-order valence-corrected chi connectivity index (χ1v) is 7.17. The third kappa shape index (κ3) is 3.09. The van der Waals surface area contributed by atoms with E-state index < -0.39 is 0 Å². The zero-order valence-electron chi connectivity index (χ0n) is 11.2. The van der Waals surface area contributed by atoms with Crippen LogP contribution in [0.15, 0.2) is 18.3 Å². The highest BCUT2D eigenvalue weighted by Gasteiger charge is 2.33. The number of likely N-dealkylation sites (tertiary alicyclic amines) is 1. The van der Waals surface area contributed by atoms with Crippen LogP contribution in [0.1, 0.15) is 30.5 Å². The molecule has 3 nitrogen and oxygen atoms in total. The Kier molecular flexibility index (Phi) is 3.62. The van der Waals surface area contributed by atoms with Gasteiger partial charge in [0.15, 0.2) is 0 Å². The summed E-state index contributed by atoms with van der Waals surface area (Å²) in [7, 11) is 0. The minimum atomic E-state index is 0.851. The second-order valence-corrected chi connectivity index (χ2v) is 5.82. The first-order valence-electron chi connectivity index (χ1n) is 7.17. The molecule has 1 aromatic heterocycles. The molecule has 98 valence electrons. The fraction of sp³-hybridized carbons (Fsp3) is 0.667. The highest BCUT2D eigenvalue weighted by atomic mass is 15.2. The van der Waals surface area contributed by atoms with Gasteiger partial charge in [0.1, 0.15) is 0 Å². The van der Waals surface area contributed by atoms with Crippen LogP contribution >= 0.6 is 0 Å². The Morgan fingerprint density at radius 2 is 2.22 bits per heavy atom. The van der Waals surface area contributed by atoms with E-state index in [-0.39, 0.29) is 0 Å². The highest BCUT2D eigenvalue weighted by molar-refractivity contribution is 5.12. The Bertz CT molecular complexity index is 383. The Hall–Kier alpha value is -0.930. The maximum absolute atomic E-state index is 4.32. The molecule has 2 heterocycles. The molecular weight excluding hydrogens is 222 g/mol. The van der Waals surface area contributed by atoms with Crippen LogP contribution in [-0.2, 0) is 6.54 Å². The van der Waals surface area contributed by atoms with Crippen LogP contribution in [0.25, 0.3) is 0 Å². The second-order valence-electron chi connectivity index (χ2n) is 5.82. The van der Waals surface area contributed by atoms with Crippen molar-refractivity contribution in [3.05, 3.63) is 29.6 Å². The monoisotopic (exact) mass is 245 g/mol. The third-order valence-electron chi connectivity index (χ3n) is 4.12. The van der Waals surface area contributed by atoms with Crippen molar-refractivity contribution in [1.82, 2.24) is 15.2 Å². The lowest BCUT2D eigenvalue weighted by molar-refractivity contribution is 0.312. The molecule has 0 radical (unpaired) electrons. The Morgan fingerprint density at radius 3 is 2.94 bits per heavy atom. The van der Waals surface area contributed by atoms with Gasteiger partial charge in [-0.3, -0.25) is 4.98 Å². The number of hydrogen-bond acceptors (Lipinski definition) is 3. The van der Waals surface area contributed by atoms with E-state index >= 15 is 0 Å². The summed E-state index contributed by atoms with van der Waals surface area (Å²) in [5, 5.41) is 3.58. The zero-order chi connectivity index (χ0) is 12.4. The Morgan fingerprint density at radius 1 is 1.33 bits per heavy atom. The molecule has 1 aliphatic heterocycles. The molecule has 1 saturated carbocycles. The summed E-state index contributed by atoms with van der Waals surface area (Å²) >= 11 is 0. The first-order chi connectivity index (χ1) is 8.81. The molecule has 3 rings (SSSR count). The van der Waals surface area contributed by atoms with Crippen LogP contribution in [0.4, 0.5) is 0 Å². The van der Waals surface area contributed by atoms with Crippen molar-refractivity contribution in [1.29, 1.82) is 0 Å². The topological polar surface area (TPSA) is 28.2 Å². The van der Waals surface area contributed by atoms with Crippen LogP contribution in [-0.4, -0.2) is 35.6 Å². The van der Waals surface area contributed by atoms with Crippen LogP contribution in [0.2, 0.25) is 0 Å². The summed E-state index contributed by atoms with van der Waals surface area (Å²) in [4.78, 5) is 7.01. The quantitative estimate of drug-likeness (QED) is 0.859. The molecule has 2 fully saturated rings. The van der Waals surface area contributed by atoms with Crippen molar-refractivity contribution >= 4 is 0 Å². The average molecular weight is 245 g/mol. The van der Waals surface area contributed by atoms with Crippen molar-refractivity contribution < 1.29 is 0 Å². The Labute approximate surface area is 110 Å². The van der Waals surface area contributed by atoms with Crippen LogP contribution < -0.4 is 5.32 Å². The summed E-state index contributed by atoms with van der Waals surface area (Å²) < 4.78 is 0. The summed E-state index contributed by atoms with van der Waals surface area (Å²) in [6, 6.07) is 5.19. The van der Waals surface area contributed by atoms with Gasteiger partial charge in [-0.2, -0.15) is 0 Å². The largest absolute Gasteiger partial charge is 0.312 e. The van der Waals surface area contributed by atoms with E-state index in [0.717, 1.165) is 30.7 Å². The standard InChI is InChI=1S/C15H23N3/c1-12-2-3-13(10-17-12)8-16-9-14-6-7-18(11-14)15-4-5-15/h2-3,10,14-16H,4-9,11H2,1H3. The van der Waals surface area contributed by atoms with E-state index in [1.165, 1.54) is 37.9 Å². The van der Waals surface area contributed by atoms with Gasteiger partial charge in [0.2, 0.25) is 0 Å². The number of rotatable bonds is 5. The van der Waals surface area contributed by atoms with Crippen LogP contribution in [0, 0.1) is 12.8 Å². The van der Waals surface area contributed by atoms with E-state index in [0.29, 0.717) is 0 Å². The second kappa shape index (κ2) is 5.37. The number of nitrogens with zero attached hydrogens (tertiary/aromatic N) is 2. The van der Waals surface area contributed by atoms with Crippen molar-refractivity contribution in [3.63, 3.8) is 0 Å². The lowest BCUT2D eigenvalue weighted by atomic mass is 10.1. The summed E-state index contributed by atoms with van der Waals surface area (Å²) in [6.45, 7) is 6.76. The molecule has 1 atom stereocenters. The summed E-state index contributed by atoms with van der Waals surface area (Å²) in [5.41, 5.74) is 2.38. The predicted octanol–water partition coefficient (Wildman–Crippen LogP) is 1.96. The smallest absolute Gasteiger partial charge is 0.0372 e. The van der Waals surface area contributed by atoms with E-state index in [4.69, 9.17) is 0 Å². The molecule has 1 aliphatic carbocycles. The first kappa shape index (κ1) is 12.1. The molecule has 1 saturated heterocycles. The maximum Gasteiger partial charge on any atom is 0.0372 e. The molecule has 0 bridgehead atoms. The lowest BCUT2D eigenvalue weighted by Crippen LogP contribution is -2.27. The van der Waals surface area contributed by atoms with Gasteiger partial charge < -0.3 is 10.2 Å². The minimum Gasteiger partial charge on any atom is -0.312 e. The fourth-order valence-corrected chi connectivity index (χ4v) is 2.82. The molecular formula is C15H23N3. The molecule has 2 aliphatic rings. The van der Waals surface area contributed by atoms with Crippen molar-refractivity contribution in [2.45, 2.75) is 38.8 Å². The molecule has 18 heavy (non-hydrogen) atoms. The SMILES string of the molecule is Cc1ccc(CNCC2CCN(C3CC3)C2)cn1. The third-order valence-corrected chi connectivity index (χ3v) is 4.12. The van der Waals surface area contributed by atoms with E-state index in [1.807, 2.05) is 13.1 Å². The van der Waals surface area contributed by atoms with Crippen molar-refractivity contribution in [3.8, 4) is 0 Å². The number of pyridine rings is 1. The van der Waals surface area contributed by atoms with Gasteiger partial charge in [-0.25, -0.2) is 0 Å². The number of aryl methyl sites for hydroxylation is 1. The molecule has 0 spiro atoms. The number of aromatic nitrogens is 1. The van der Waals surface area contributed by atoms with Crippen molar-refractivity contribution in [2.24, 2.45) is 5.92 Å². The van der Waals surface area contributed by atoms with Gasteiger partial charge in [0.25, 0.3) is 0 Å². The average Bonchev–Trinajstić information content (AvgIpc) is 3.12. The van der Waals surface area contributed by atoms with Gasteiger partial charge in [0, 0.05) is 31.0 Å². The molecule has 1 N–H and O–H groups in total. The number of nitrogens with one attached hydrogen (secondary N) is 1. The van der Waals surface area contributed by atoms with Gasteiger partial charge in [-0.15, -0.1) is 0 Å². The molecule has 1 aromatic rings. The van der Waals surface area contributed by atoms with Gasteiger partial charge in [-0.1, -0.05) is 6.07 Å². The van der Waals surface area contributed by atoms with Crippen LogP contribution in [0.5, 0.6) is 0 Å². The Balaban J connectivity index is 1.38. The van der Waals surface area contributed by atoms with Crippen molar-refractivity contribution in [2.75, 3.05) is 19.6 Å². The fourth-order valence-electron chi connectivity index (χ4n) is 2.82. The van der Waals surface area contributed by atoms with Gasteiger partial charge in [0.05, 0.1) is 0 Å². The molecule has 0 aromatic carbocycles. The minimum absolute atomic E-state index is 0.851. The zero-order valence-corrected chi connectivity index (χ0v) is 11.2. The van der Waals surface area contributed by atoms with E-state index in [2.05, 4.69) is 27.3 Å². The van der Waals surface area contributed by atoms with E-state index in [1.54, 1.807) is 0 Å². The van der Waals surface area contributed by atoms with Gasteiger partial charge in [-0.05, 0) is 56.8 Å². The predicted molar refractivity (Wildman–Crippen MR) is 73.4 cm³/mol. The van der Waals surface area contributed by atoms with E-state index in [9.17, 15) is 0 Å².